The van der Waals surface area contributed by atoms with Crippen molar-refractivity contribution in [1.29, 1.82) is 0 Å². The Morgan fingerprint density at radius 2 is 1.20 bits per heavy atom. The number of nitrogens with two attached hydrogens (primary N) is 1. The summed E-state index contributed by atoms with van der Waals surface area (Å²) >= 11 is 0. The highest BCUT2D eigenvalue weighted by molar-refractivity contribution is 7.93. The summed E-state index contributed by atoms with van der Waals surface area (Å²) in [5.74, 6) is -3.37. The zero-order chi connectivity index (χ0) is 43.0. The maximum Gasteiger partial charge on any atom is 0.373 e. The van der Waals surface area contributed by atoms with E-state index in [4.69, 9.17) is 15.3 Å². The highest BCUT2D eigenvalue weighted by Crippen LogP contribution is 2.26. The average molecular weight is 864 g/mol. The van der Waals surface area contributed by atoms with E-state index < -0.39 is 57.1 Å². The smallest absolute Gasteiger partial charge is 0.373 e. The molecular formula is C39H41F4N5O9S2. The summed E-state index contributed by atoms with van der Waals surface area (Å²) in [6.07, 6.45) is -6.18. The van der Waals surface area contributed by atoms with Gasteiger partial charge in [0.15, 0.2) is 5.78 Å². The molecule has 0 saturated heterocycles. The molecule has 4 aromatic carbocycles. The molecule has 0 saturated carbocycles. The predicted octanol–water partition coefficient (Wildman–Crippen LogP) is 5.76. The van der Waals surface area contributed by atoms with E-state index >= 15 is 0 Å². The standard InChI is InChI=1S/C21H19F4N3O5S.C18H22N2O4S/c22-17(23)20-27-26-19(33-20)15-9-7-14(8-10-15)13-28(16-5-2-1-3-6-16)34(30,31)12-4-11-32-21(29)18(24)25;19-13-18(22)16-9-7-15(8-10-16)14-20(17-5-2-1-3-6-17)25(23,24)12-4-11-21/h1-3,5-10,17-18H,4,11-13H2;1-3,5-10,21H,4,11-14,19H2. The third-order valence-corrected chi connectivity index (χ3v) is 11.9. The lowest BCUT2D eigenvalue weighted by molar-refractivity contribution is -0.156. The van der Waals surface area contributed by atoms with Crippen molar-refractivity contribution in [3.05, 3.63) is 132 Å². The van der Waals surface area contributed by atoms with Crippen molar-refractivity contribution in [3.63, 3.8) is 0 Å². The van der Waals surface area contributed by atoms with E-state index in [0.29, 0.717) is 28.1 Å². The maximum atomic E-state index is 13.0. The molecule has 0 aliphatic carbocycles. The van der Waals surface area contributed by atoms with Crippen molar-refractivity contribution in [2.75, 3.05) is 39.9 Å². The first-order valence-electron chi connectivity index (χ1n) is 17.8. The van der Waals surface area contributed by atoms with Gasteiger partial charge in [-0.15, -0.1) is 10.2 Å². The van der Waals surface area contributed by atoms with Crippen LogP contribution in [0, 0.1) is 0 Å². The molecule has 1 heterocycles. The summed E-state index contributed by atoms with van der Waals surface area (Å²) in [5.41, 5.74) is 8.47. The molecule has 3 N–H and O–H groups in total. The molecule has 0 amide bonds. The summed E-state index contributed by atoms with van der Waals surface area (Å²) in [6.45, 7) is -0.641. The number of carbonyl (C=O) groups excluding carboxylic acids is 2. The van der Waals surface area contributed by atoms with Gasteiger partial charge in [0.1, 0.15) is 0 Å². The van der Waals surface area contributed by atoms with Gasteiger partial charge in [0.05, 0.1) is 49.1 Å². The van der Waals surface area contributed by atoms with Crippen LogP contribution >= 0.6 is 0 Å². The Bertz CT molecular complexity index is 2300. The second-order valence-electron chi connectivity index (χ2n) is 12.5. The summed E-state index contributed by atoms with van der Waals surface area (Å²) < 4.78 is 113. The number of ether oxygens (including phenoxy) is 1. The molecule has 0 spiro atoms. The van der Waals surface area contributed by atoms with Crippen molar-refractivity contribution < 1.29 is 58.2 Å². The third-order valence-electron chi connectivity index (χ3n) is 8.23. The van der Waals surface area contributed by atoms with Crippen molar-refractivity contribution in [2.45, 2.75) is 38.8 Å². The van der Waals surface area contributed by atoms with E-state index in [1.807, 2.05) is 6.07 Å². The van der Waals surface area contributed by atoms with Crippen LogP contribution in [0.3, 0.4) is 0 Å². The molecule has 1 aromatic heterocycles. The largest absolute Gasteiger partial charge is 0.461 e. The van der Waals surface area contributed by atoms with Gasteiger partial charge in [-0.1, -0.05) is 72.8 Å². The minimum atomic E-state index is -3.93. The van der Waals surface area contributed by atoms with Crippen LogP contribution in [0.2, 0.25) is 0 Å². The highest BCUT2D eigenvalue weighted by Gasteiger charge is 2.25. The van der Waals surface area contributed by atoms with Gasteiger partial charge in [-0.05, 0) is 60.4 Å². The zero-order valence-corrected chi connectivity index (χ0v) is 33.0. The normalized spacial score (nSPS) is 11.5. The molecule has 59 heavy (non-hydrogen) atoms. The lowest BCUT2D eigenvalue weighted by Crippen LogP contribution is -2.33. The van der Waals surface area contributed by atoms with E-state index in [1.54, 1.807) is 91.0 Å². The fraction of sp³-hybridized carbons (Fsp3) is 0.282. The average Bonchev–Trinajstić information content (AvgIpc) is 3.75. The number of hydrogen-bond acceptors (Lipinski definition) is 12. The monoisotopic (exact) mass is 863 g/mol. The number of anilines is 2. The van der Waals surface area contributed by atoms with E-state index in [0.717, 1.165) is 9.87 Å². The number of hydrogen-bond donors (Lipinski definition) is 2. The van der Waals surface area contributed by atoms with Gasteiger partial charge >= 0.3 is 18.8 Å². The molecule has 0 aliphatic heterocycles. The number of ketones is 1. The Morgan fingerprint density at radius 3 is 1.64 bits per heavy atom. The lowest BCUT2D eigenvalue weighted by atomic mass is 10.1. The summed E-state index contributed by atoms with van der Waals surface area (Å²) in [4.78, 5) is 22.4. The molecule has 0 bridgehead atoms. The first-order chi connectivity index (χ1) is 28.1. The number of aromatic nitrogens is 2. The number of halogens is 4. The van der Waals surface area contributed by atoms with Gasteiger partial charge in [0.25, 0.3) is 5.89 Å². The van der Waals surface area contributed by atoms with Crippen LogP contribution in [-0.4, -0.2) is 81.6 Å². The summed E-state index contributed by atoms with van der Waals surface area (Å²) in [7, 11) is -7.51. The number of alkyl halides is 4. The number of carbonyl (C=O) groups is 2. The predicted molar refractivity (Wildman–Crippen MR) is 211 cm³/mol. The fourth-order valence-corrected chi connectivity index (χ4v) is 8.27. The number of aliphatic hydroxyl groups excluding tert-OH is 1. The van der Waals surface area contributed by atoms with Crippen LogP contribution in [0.15, 0.2) is 114 Å². The van der Waals surface area contributed by atoms with Crippen LogP contribution in [-0.2, 0) is 42.7 Å². The number of Topliss-reactive ketones (excluding diaryl/α,β-unsaturated/α-hetero) is 1. The van der Waals surface area contributed by atoms with E-state index in [1.165, 1.54) is 16.4 Å². The van der Waals surface area contributed by atoms with Gasteiger partial charge in [0.2, 0.25) is 25.9 Å². The van der Waals surface area contributed by atoms with Crippen molar-refractivity contribution >= 4 is 43.2 Å². The topological polar surface area (TPSA) is 203 Å². The Kier molecular flexibility index (Phi) is 17.1. The second-order valence-corrected chi connectivity index (χ2v) is 16.5. The van der Waals surface area contributed by atoms with Crippen LogP contribution in [0.1, 0.15) is 46.6 Å². The van der Waals surface area contributed by atoms with Crippen LogP contribution < -0.4 is 14.3 Å². The molecule has 316 valence electrons. The minimum Gasteiger partial charge on any atom is -0.461 e. The van der Waals surface area contributed by atoms with Crippen molar-refractivity contribution in [2.24, 2.45) is 5.73 Å². The number of esters is 1. The first-order valence-corrected chi connectivity index (χ1v) is 21.1. The van der Waals surface area contributed by atoms with Gasteiger partial charge < -0.3 is 20.0 Å². The van der Waals surface area contributed by atoms with Gasteiger partial charge in [-0.3, -0.25) is 13.4 Å². The SMILES string of the molecule is NCC(=O)c1ccc(CN(c2ccccc2)S(=O)(=O)CCCO)cc1.O=C(OCCCS(=O)(=O)N(Cc1ccc(-c2nnc(C(F)F)o2)cc1)c1ccccc1)C(F)F. The molecule has 5 aromatic rings. The molecule has 0 atom stereocenters. The minimum absolute atomic E-state index is 0.0645. The second kappa shape index (κ2) is 21.9. The van der Waals surface area contributed by atoms with Gasteiger partial charge in [0, 0.05) is 17.7 Å². The number of sulfonamides is 2. The van der Waals surface area contributed by atoms with E-state index in [2.05, 4.69) is 14.9 Å². The number of benzene rings is 4. The number of aliphatic hydroxyl groups is 1. The molecule has 20 heteroatoms. The highest BCUT2D eigenvalue weighted by atomic mass is 32.2. The van der Waals surface area contributed by atoms with Crippen molar-refractivity contribution in [3.8, 4) is 11.5 Å². The van der Waals surface area contributed by atoms with Gasteiger partial charge in [-0.2, -0.15) is 17.6 Å². The molecule has 0 unspecified atom stereocenters. The van der Waals surface area contributed by atoms with E-state index in [9.17, 15) is 44.0 Å². The zero-order valence-electron chi connectivity index (χ0n) is 31.3. The molecule has 0 radical (unpaired) electrons. The van der Waals surface area contributed by atoms with E-state index in [-0.39, 0.29) is 56.5 Å². The van der Waals surface area contributed by atoms with Crippen LogP contribution in [0.5, 0.6) is 0 Å². The number of rotatable bonds is 20. The Hall–Kier alpha value is -5.70. The third kappa shape index (κ3) is 13.7. The maximum absolute atomic E-state index is 13.0. The Morgan fingerprint density at radius 1 is 0.712 bits per heavy atom. The van der Waals surface area contributed by atoms with Gasteiger partial charge in [-0.25, -0.2) is 21.6 Å². The Balaban J connectivity index is 0.000000273. The molecule has 5 rings (SSSR count). The Labute approximate surface area is 338 Å². The summed E-state index contributed by atoms with van der Waals surface area (Å²) in [5, 5.41) is 15.8. The number of nitrogens with zero attached hydrogens (tertiary/aromatic N) is 4. The van der Waals surface area contributed by atoms with Crippen molar-refractivity contribution in [1.82, 2.24) is 10.2 Å². The van der Waals surface area contributed by atoms with Crippen LogP contribution in [0.25, 0.3) is 11.5 Å². The summed E-state index contributed by atoms with van der Waals surface area (Å²) in [6, 6.07) is 30.0. The first kappa shape index (κ1) is 46.0. The molecule has 14 nitrogen and oxygen atoms in total. The molecular weight excluding hydrogens is 823 g/mol. The number of para-hydroxylation sites is 2. The quantitative estimate of drug-likeness (QED) is 0.0416. The molecule has 0 fully saturated rings. The fourth-order valence-electron chi connectivity index (χ4n) is 5.27. The van der Waals surface area contributed by atoms with Crippen LogP contribution in [0.4, 0.5) is 28.9 Å². The lowest BCUT2D eigenvalue weighted by Gasteiger charge is -2.24. The molecule has 0 aliphatic rings.